The first-order valence-electron chi connectivity index (χ1n) is 12.3. The molecule has 1 N–H and O–H groups in total. The summed E-state index contributed by atoms with van der Waals surface area (Å²) >= 11 is 1.82. The molecule has 1 aliphatic rings. The molecule has 1 heterocycles. The lowest BCUT2D eigenvalue weighted by atomic mass is 10.2. The maximum Gasteiger partial charge on any atom is 0.175 e. The van der Waals surface area contributed by atoms with E-state index in [1.807, 2.05) is 44.0 Å². The summed E-state index contributed by atoms with van der Waals surface area (Å²) < 4.78 is 45.9. The molecule has 1 aliphatic carbocycles. The van der Waals surface area contributed by atoms with Crippen molar-refractivity contribution in [3.05, 3.63) is 84.8 Å². The monoisotopic (exact) mass is 543 g/mol. The molecule has 5 rings (SSSR count). The largest absolute Gasteiger partial charge is 0.492 e. The first-order chi connectivity index (χ1) is 17.8. The van der Waals surface area contributed by atoms with Gasteiger partial charge in [-0.25, -0.2) is 17.5 Å². The molecule has 198 valence electrons. The van der Waals surface area contributed by atoms with Gasteiger partial charge in [0.05, 0.1) is 22.3 Å². The lowest BCUT2D eigenvalue weighted by molar-refractivity contribution is 0.290. The SMILES string of the molecule is CC.CC(COc1ccc2c(cnn2-c2ccc(F)cc2)c1)NSC1CC1.CS(=O)(=O)c1ccccc1. The minimum Gasteiger partial charge on any atom is -0.492 e. The summed E-state index contributed by atoms with van der Waals surface area (Å²) in [6, 6.07) is 20.9. The van der Waals surface area contributed by atoms with Crippen LogP contribution in [-0.2, 0) is 9.84 Å². The highest BCUT2D eigenvalue weighted by molar-refractivity contribution is 7.98. The van der Waals surface area contributed by atoms with Gasteiger partial charge in [0.15, 0.2) is 9.84 Å². The minimum atomic E-state index is -3.00. The molecular weight excluding hydrogens is 509 g/mol. The molecule has 1 fully saturated rings. The van der Waals surface area contributed by atoms with Crippen LogP contribution >= 0.6 is 11.9 Å². The van der Waals surface area contributed by atoms with Crippen molar-refractivity contribution in [2.45, 2.75) is 49.8 Å². The van der Waals surface area contributed by atoms with E-state index in [4.69, 9.17) is 4.74 Å². The number of hydrogen-bond acceptors (Lipinski definition) is 6. The first kappa shape index (κ1) is 28.7. The van der Waals surface area contributed by atoms with Gasteiger partial charge in [-0.2, -0.15) is 5.10 Å². The van der Waals surface area contributed by atoms with Crippen LogP contribution in [0.15, 0.2) is 83.9 Å². The van der Waals surface area contributed by atoms with E-state index in [2.05, 4.69) is 16.7 Å². The number of nitrogens with zero attached hydrogens (tertiary/aromatic N) is 2. The molecule has 0 radical (unpaired) electrons. The van der Waals surface area contributed by atoms with Crippen molar-refractivity contribution < 1.29 is 17.5 Å². The summed E-state index contributed by atoms with van der Waals surface area (Å²) in [5.41, 5.74) is 1.80. The molecule has 0 saturated heterocycles. The molecule has 1 saturated carbocycles. The average Bonchev–Trinajstić information content (AvgIpc) is 3.65. The second kappa shape index (κ2) is 13.6. The Balaban J connectivity index is 0.000000266. The molecular formula is C28H34FN3O3S2. The quantitative estimate of drug-likeness (QED) is 0.258. The molecule has 0 spiro atoms. The Kier molecular flexibility index (Phi) is 10.5. The van der Waals surface area contributed by atoms with Crippen LogP contribution in [0.5, 0.6) is 5.75 Å². The zero-order valence-electron chi connectivity index (χ0n) is 21.6. The number of halogens is 1. The third kappa shape index (κ3) is 8.87. The van der Waals surface area contributed by atoms with Crippen molar-refractivity contribution >= 4 is 32.7 Å². The van der Waals surface area contributed by atoms with Gasteiger partial charge in [0.25, 0.3) is 0 Å². The van der Waals surface area contributed by atoms with E-state index in [1.165, 1.54) is 31.2 Å². The van der Waals surface area contributed by atoms with E-state index in [1.54, 1.807) is 53.3 Å². The van der Waals surface area contributed by atoms with Crippen molar-refractivity contribution in [1.29, 1.82) is 0 Å². The highest BCUT2D eigenvalue weighted by Crippen LogP contribution is 2.32. The molecule has 9 heteroatoms. The van der Waals surface area contributed by atoms with Crippen LogP contribution in [0.25, 0.3) is 16.6 Å². The van der Waals surface area contributed by atoms with Gasteiger partial charge in [-0.05, 0) is 74.4 Å². The standard InChI is InChI=1S/C19H20FN3OS.C7H8O2S.C2H6/c1-13(22-25-18-7-8-18)12-24-17-6-9-19-14(10-17)11-21-23(19)16-4-2-15(20)3-5-16;1-10(8,9)7-5-3-2-4-6-7;1-2/h2-6,9-11,13,18,22H,7-8,12H2,1H3;2-6H,1H3;1-2H3. The predicted octanol–water partition coefficient (Wildman–Crippen LogP) is 6.45. The fourth-order valence-corrected chi connectivity index (χ4v) is 4.73. The Hall–Kier alpha value is -2.88. The molecule has 1 unspecified atom stereocenters. The summed E-state index contributed by atoms with van der Waals surface area (Å²) in [4.78, 5) is 0.370. The van der Waals surface area contributed by atoms with E-state index in [9.17, 15) is 12.8 Å². The zero-order chi connectivity index (χ0) is 26.8. The predicted molar refractivity (Wildman–Crippen MR) is 151 cm³/mol. The second-order valence-electron chi connectivity index (χ2n) is 8.49. The van der Waals surface area contributed by atoms with Crippen LogP contribution in [0.1, 0.15) is 33.6 Å². The Morgan fingerprint density at radius 3 is 2.35 bits per heavy atom. The highest BCUT2D eigenvalue weighted by Gasteiger charge is 2.22. The van der Waals surface area contributed by atoms with Crippen LogP contribution in [0.3, 0.4) is 0 Å². The fourth-order valence-electron chi connectivity index (χ4n) is 3.21. The van der Waals surface area contributed by atoms with Crippen LogP contribution in [0.4, 0.5) is 4.39 Å². The molecule has 0 amide bonds. The summed E-state index contributed by atoms with van der Waals surface area (Å²) in [6.45, 7) is 6.75. The van der Waals surface area contributed by atoms with Gasteiger partial charge in [-0.15, -0.1) is 0 Å². The van der Waals surface area contributed by atoms with Crippen molar-refractivity contribution in [3.8, 4) is 11.4 Å². The molecule has 0 bridgehead atoms. The van der Waals surface area contributed by atoms with E-state index in [0.29, 0.717) is 17.5 Å². The number of rotatable bonds is 8. The van der Waals surface area contributed by atoms with Crippen molar-refractivity contribution in [3.63, 3.8) is 0 Å². The molecule has 4 aromatic rings. The van der Waals surface area contributed by atoms with Gasteiger partial charge in [0.1, 0.15) is 18.2 Å². The highest BCUT2D eigenvalue weighted by atomic mass is 32.2. The van der Waals surface area contributed by atoms with Gasteiger partial charge in [-0.3, -0.25) is 4.72 Å². The third-order valence-corrected chi connectivity index (χ3v) is 7.71. The van der Waals surface area contributed by atoms with Gasteiger partial charge in [-0.1, -0.05) is 44.0 Å². The number of nitrogens with one attached hydrogen (secondary N) is 1. The van der Waals surface area contributed by atoms with E-state index in [-0.39, 0.29) is 5.82 Å². The fraction of sp³-hybridized carbons (Fsp3) is 0.321. The number of sulfone groups is 1. The summed E-state index contributed by atoms with van der Waals surface area (Å²) in [7, 11) is -3.00. The van der Waals surface area contributed by atoms with Gasteiger partial charge >= 0.3 is 0 Å². The maximum atomic E-state index is 13.1. The van der Waals surface area contributed by atoms with E-state index in [0.717, 1.165) is 27.6 Å². The smallest absolute Gasteiger partial charge is 0.175 e. The molecule has 3 aromatic carbocycles. The van der Waals surface area contributed by atoms with Crippen molar-refractivity contribution in [2.75, 3.05) is 12.9 Å². The molecule has 37 heavy (non-hydrogen) atoms. The van der Waals surface area contributed by atoms with Crippen LogP contribution in [-0.4, -0.2) is 42.4 Å². The summed E-state index contributed by atoms with van der Waals surface area (Å²) in [6.07, 6.45) is 5.64. The second-order valence-corrected chi connectivity index (χ2v) is 11.6. The zero-order valence-corrected chi connectivity index (χ0v) is 23.2. The maximum absolute atomic E-state index is 13.1. The van der Waals surface area contributed by atoms with E-state index >= 15 is 0 Å². The van der Waals surface area contributed by atoms with Gasteiger partial charge < -0.3 is 4.74 Å². The normalized spacial score (nSPS) is 13.6. The van der Waals surface area contributed by atoms with Crippen molar-refractivity contribution in [2.24, 2.45) is 0 Å². The van der Waals surface area contributed by atoms with Gasteiger partial charge in [0, 0.05) is 22.9 Å². The Morgan fingerprint density at radius 2 is 1.76 bits per heavy atom. The number of benzene rings is 3. The number of ether oxygens (including phenoxy) is 1. The Labute approximate surface area is 223 Å². The number of fused-ring (bicyclic) bond motifs is 1. The topological polar surface area (TPSA) is 73.2 Å². The minimum absolute atomic E-state index is 0.251. The first-order valence-corrected chi connectivity index (χ1v) is 15.1. The number of hydrogen-bond donors (Lipinski definition) is 1. The van der Waals surface area contributed by atoms with E-state index < -0.39 is 9.84 Å². The summed E-state index contributed by atoms with van der Waals surface area (Å²) in [5.74, 6) is 0.578. The summed E-state index contributed by atoms with van der Waals surface area (Å²) in [5, 5.41) is 6.19. The molecule has 6 nitrogen and oxygen atoms in total. The Morgan fingerprint density at radius 1 is 1.08 bits per heavy atom. The average molecular weight is 544 g/mol. The van der Waals surface area contributed by atoms with Crippen molar-refractivity contribution in [1.82, 2.24) is 14.5 Å². The number of aromatic nitrogens is 2. The lowest BCUT2D eigenvalue weighted by Gasteiger charge is -2.14. The molecule has 1 aromatic heterocycles. The molecule has 1 atom stereocenters. The Bertz CT molecular complexity index is 1360. The van der Waals surface area contributed by atoms with Crippen LogP contribution in [0.2, 0.25) is 0 Å². The molecule has 0 aliphatic heterocycles. The van der Waals surface area contributed by atoms with Gasteiger partial charge in [0.2, 0.25) is 0 Å². The van der Waals surface area contributed by atoms with Crippen LogP contribution in [0, 0.1) is 5.82 Å². The third-order valence-electron chi connectivity index (χ3n) is 5.24. The van der Waals surface area contributed by atoms with Crippen LogP contribution < -0.4 is 9.46 Å². The lowest BCUT2D eigenvalue weighted by Crippen LogP contribution is -2.27.